The number of benzene rings is 1. The third-order valence-electron chi connectivity index (χ3n) is 3.67. The predicted octanol–water partition coefficient (Wildman–Crippen LogP) is 0.415. The molecule has 1 heterocycles. The highest BCUT2D eigenvalue weighted by molar-refractivity contribution is 5.83. The van der Waals surface area contributed by atoms with Crippen LogP contribution in [0.5, 0.6) is 5.75 Å². The summed E-state index contributed by atoms with van der Waals surface area (Å²) in [5, 5.41) is 12.1. The lowest BCUT2D eigenvalue weighted by Gasteiger charge is -2.25. The zero-order valence-electron chi connectivity index (χ0n) is 11.1. The van der Waals surface area contributed by atoms with Gasteiger partial charge < -0.3 is 20.9 Å². The predicted molar refractivity (Wildman–Crippen MR) is 71.7 cm³/mol. The third kappa shape index (κ3) is 3.05. The highest BCUT2D eigenvalue weighted by Gasteiger charge is 2.44. The van der Waals surface area contributed by atoms with Gasteiger partial charge in [-0.25, -0.2) is 0 Å². The molecule has 2 unspecified atom stereocenters. The first-order valence-corrected chi connectivity index (χ1v) is 6.42. The van der Waals surface area contributed by atoms with Gasteiger partial charge >= 0.3 is 0 Å². The van der Waals surface area contributed by atoms with E-state index in [-0.39, 0.29) is 17.7 Å². The van der Waals surface area contributed by atoms with Gasteiger partial charge in [-0.3, -0.25) is 4.79 Å². The summed E-state index contributed by atoms with van der Waals surface area (Å²) in [6.07, 6.45) is 0.720. The summed E-state index contributed by atoms with van der Waals surface area (Å²) in [4.78, 5) is 12.1. The van der Waals surface area contributed by atoms with Gasteiger partial charge in [0.25, 0.3) is 0 Å². The summed E-state index contributed by atoms with van der Waals surface area (Å²) in [6.45, 7) is 3.19. The summed E-state index contributed by atoms with van der Waals surface area (Å²) in [6, 6.07) is 6.71. The molecule has 104 valence electrons. The van der Waals surface area contributed by atoms with Crippen LogP contribution in [0.4, 0.5) is 0 Å². The minimum atomic E-state index is -0.630. The molecular formula is C14H20N2O3. The van der Waals surface area contributed by atoms with Crippen molar-refractivity contribution in [2.24, 2.45) is 11.1 Å². The van der Waals surface area contributed by atoms with Crippen LogP contribution in [0.2, 0.25) is 0 Å². The Morgan fingerprint density at radius 1 is 1.53 bits per heavy atom. The summed E-state index contributed by atoms with van der Waals surface area (Å²) in [5.74, 6) is 0.186. The van der Waals surface area contributed by atoms with Crippen LogP contribution < -0.4 is 11.1 Å². The Morgan fingerprint density at radius 3 is 2.79 bits per heavy atom. The molecule has 0 bridgehead atoms. The molecule has 1 aliphatic rings. The number of aromatic hydroxyl groups is 1. The lowest BCUT2D eigenvalue weighted by Crippen LogP contribution is -2.50. The molecule has 2 atom stereocenters. The minimum absolute atomic E-state index is 0.0590. The first kappa shape index (κ1) is 13.8. The van der Waals surface area contributed by atoms with Crippen molar-refractivity contribution in [1.29, 1.82) is 0 Å². The topological polar surface area (TPSA) is 84.6 Å². The Kier molecular flexibility index (Phi) is 4.07. The number of hydrogen-bond acceptors (Lipinski definition) is 4. The summed E-state index contributed by atoms with van der Waals surface area (Å²) >= 11 is 0. The van der Waals surface area contributed by atoms with Gasteiger partial charge in [-0.15, -0.1) is 0 Å². The molecule has 5 heteroatoms. The average Bonchev–Trinajstić information content (AvgIpc) is 2.73. The minimum Gasteiger partial charge on any atom is -0.508 e. The molecule has 0 saturated carbocycles. The maximum absolute atomic E-state index is 12.1. The van der Waals surface area contributed by atoms with Gasteiger partial charge in [-0.1, -0.05) is 12.1 Å². The van der Waals surface area contributed by atoms with Gasteiger partial charge in [-0.05, 0) is 31.0 Å². The molecular weight excluding hydrogens is 244 g/mol. The molecule has 19 heavy (non-hydrogen) atoms. The number of ether oxygens (including phenoxy) is 1. The Hall–Kier alpha value is -1.59. The lowest BCUT2D eigenvalue weighted by molar-refractivity contribution is -0.130. The largest absolute Gasteiger partial charge is 0.508 e. The molecule has 2 rings (SSSR count). The zero-order chi connectivity index (χ0) is 13.9. The van der Waals surface area contributed by atoms with Crippen LogP contribution in [0.3, 0.4) is 0 Å². The fourth-order valence-electron chi connectivity index (χ4n) is 2.11. The second-order valence-electron chi connectivity index (χ2n) is 5.21. The molecule has 1 fully saturated rings. The van der Waals surface area contributed by atoms with Crippen LogP contribution in [0.1, 0.15) is 12.5 Å². The van der Waals surface area contributed by atoms with Crippen LogP contribution in [-0.2, 0) is 16.0 Å². The van der Waals surface area contributed by atoms with Gasteiger partial charge in [0.2, 0.25) is 5.91 Å². The van der Waals surface area contributed by atoms with Crippen LogP contribution in [0, 0.1) is 5.41 Å². The van der Waals surface area contributed by atoms with Crippen molar-refractivity contribution in [1.82, 2.24) is 5.32 Å². The van der Waals surface area contributed by atoms with Crippen molar-refractivity contribution in [3.63, 3.8) is 0 Å². The Labute approximate surface area is 112 Å². The molecule has 1 aromatic carbocycles. The molecule has 0 spiro atoms. The number of carbonyl (C=O) groups is 1. The van der Waals surface area contributed by atoms with Gasteiger partial charge in [0.05, 0.1) is 18.6 Å². The monoisotopic (exact) mass is 264 g/mol. The quantitative estimate of drug-likeness (QED) is 0.735. The smallest absolute Gasteiger partial charge is 0.229 e. The number of phenolic OH excluding ortho intramolecular Hbond substituents is 1. The summed E-state index contributed by atoms with van der Waals surface area (Å²) < 4.78 is 5.26. The number of nitrogens with two attached hydrogens (primary N) is 1. The van der Waals surface area contributed by atoms with E-state index in [1.54, 1.807) is 12.1 Å². The molecule has 1 aromatic rings. The highest BCUT2D eigenvalue weighted by Crippen LogP contribution is 2.26. The van der Waals surface area contributed by atoms with Crippen molar-refractivity contribution in [3.05, 3.63) is 29.8 Å². The number of amides is 1. The van der Waals surface area contributed by atoms with Crippen LogP contribution >= 0.6 is 0 Å². The molecule has 5 nitrogen and oxygen atoms in total. The lowest BCUT2D eigenvalue weighted by atomic mass is 9.85. The van der Waals surface area contributed by atoms with Crippen molar-refractivity contribution < 1.29 is 14.6 Å². The van der Waals surface area contributed by atoms with Gasteiger partial charge in [0, 0.05) is 12.6 Å². The Morgan fingerprint density at radius 2 is 2.21 bits per heavy atom. The number of carbonyl (C=O) groups excluding carboxylic acids is 1. The molecule has 1 aliphatic heterocycles. The fourth-order valence-corrected chi connectivity index (χ4v) is 2.11. The highest BCUT2D eigenvalue weighted by atomic mass is 16.5. The molecule has 0 radical (unpaired) electrons. The Bertz CT molecular complexity index is 447. The van der Waals surface area contributed by atoms with E-state index < -0.39 is 5.41 Å². The second kappa shape index (κ2) is 5.59. The number of rotatable bonds is 4. The van der Waals surface area contributed by atoms with Crippen molar-refractivity contribution in [2.75, 3.05) is 19.8 Å². The summed E-state index contributed by atoms with van der Waals surface area (Å²) in [7, 11) is 0. The van der Waals surface area contributed by atoms with Gasteiger partial charge in [0.15, 0.2) is 0 Å². The average molecular weight is 264 g/mol. The van der Waals surface area contributed by atoms with E-state index in [1.165, 1.54) is 0 Å². The van der Waals surface area contributed by atoms with E-state index in [2.05, 4.69) is 5.32 Å². The van der Waals surface area contributed by atoms with Crippen LogP contribution in [0.25, 0.3) is 0 Å². The maximum atomic E-state index is 12.1. The van der Waals surface area contributed by atoms with Crippen molar-refractivity contribution >= 4 is 5.91 Å². The molecule has 0 aromatic heterocycles. The number of phenols is 1. The van der Waals surface area contributed by atoms with E-state index in [4.69, 9.17) is 10.5 Å². The normalized spacial score (nSPS) is 26.3. The molecule has 1 saturated heterocycles. The number of nitrogens with one attached hydrogen (secondary N) is 1. The van der Waals surface area contributed by atoms with E-state index in [0.717, 1.165) is 12.0 Å². The summed E-state index contributed by atoms with van der Waals surface area (Å²) in [5.41, 5.74) is 6.34. The van der Waals surface area contributed by atoms with E-state index in [1.807, 2.05) is 19.1 Å². The first-order valence-electron chi connectivity index (χ1n) is 6.42. The van der Waals surface area contributed by atoms with Gasteiger partial charge in [-0.2, -0.15) is 0 Å². The standard InChI is InChI=1S/C14H20N2O3/c1-14(9-19-8-12(14)15)13(18)16-7-6-10-2-4-11(17)5-3-10/h2-5,12,17H,6-9,15H2,1H3,(H,16,18). The van der Waals surface area contributed by atoms with E-state index in [0.29, 0.717) is 19.8 Å². The second-order valence-corrected chi connectivity index (χ2v) is 5.21. The molecule has 0 aliphatic carbocycles. The van der Waals surface area contributed by atoms with E-state index in [9.17, 15) is 9.90 Å². The van der Waals surface area contributed by atoms with E-state index >= 15 is 0 Å². The molecule has 4 N–H and O–H groups in total. The Balaban J connectivity index is 1.82. The van der Waals surface area contributed by atoms with Crippen LogP contribution in [-0.4, -0.2) is 36.8 Å². The van der Waals surface area contributed by atoms with Crippen molar-refractivity contribution in [3.8, 4) is 5.75 Å². The van der Waals surface area contributed by atoms with Gasteiger partial charge in [0.1, 0.15) is 5.75 Å². The molecule has 1 amide bonds. The fraction of sp³-hybridized carbons (Fsp3) is 0.500. The third-order valence-corrected chi connectivity index (χ3v) is 3.67. The van der Waals surface area contributed by atoms with Crippen LogP contribution in [0.15, 0.2) is 24.3 Å². The maximum Gasteiger partial charge on any atom is 0.229 e. The first-order chi connectivity index (χ1) is 9.02. The number of hydrogen-bond donors (Lipinski definition) is 3. The SMILES string of the molecule is CC1(C(=O)NCCc2ccc(O)cc2)COCC1N. The van der Waals surface area contributed by atoms with Crippen molar-refractivity contribution in [2.45, 2.75) is 19.4 Å². The zero-order valence-corrected chi connectivity index (χ0v) is 11.1.